The van der Waals surface area contributed by atoms with Gasteiger partial charge in [0, 0.05) is 6.04 Å². The molecule has 0 bridgehead atoms. The predicted octanol–water partition coefficient (Wildman–Crippen LogP) is 3.41. The lowest BCUT2D eigenvalue weighted by atomic mass is 9.97. The van der Waals surface area contributed by atoms with E-state index in [-0.39, 0.29) is 12.1 Å². The SMILES string of the molecule is COc1ccc2c(c1)CC(NC(=O)NC1CCCCCCC1)CO2. The molecule has 0 radical (unpaired) electrons. The van der Waals surface area contributed by atoms with Crippen molar-refractivity contribution in [2.75, 3.05) is 13.7 Å². The van der Waals surface area contributed by atoms with E-state index < -0.39 is 0 Å². The van der Waals surface area contributed by atoms with Crippen molar-refractivity contribution in [1.82, 2.24) is 10.6 Å². The molecule has 1 aromatic rings. The molecule has 0 spiro atoms. The highest BCUT2D eigenvalue weighted by Gasteiger charge is 2.23. The third kappa shape index (κ3) is 4.56. The highest BCUT2D eigenvalue weighted by molar-refractivity contribution is 5.74. The molecule has 2 aliphatic rings. The second-order valence-electron chi connectivity index (χ2n) is 6.85. The molecule has 132 valence electrons. The predicted molar refractivity (Wildman–Crippen MR) is 93.8 cm³/mol. The number of hydrogen-bond acceptors (Lipinski definition) is 3. The molecular weight excluding hydrogens is 304 g/mol. The summed E-state index contributed by atoms with van der Waals surface area (Å²) in [6, 6.07) is 6.05. The third-order valence-corrected chi connectivity index (χ3v) is 4.95. The van der Waals surface area contributed by atoms with Crippen LogP contribution in [0.15, 0.2) is 18.2 Å². The topological polar surface area (TPSA) is 59.6 Å². The van der Waals surface area contributed by atoms with Crippen LogP contribution in [-0.4, -0.2) is 31.8 Å². The standard InChI is InChI=1S/C19H28N2O3/c1-23-17-9-10-18-14(12-17)11-16(13-24-18)21-19(22)20-15-7-5-3-2-4-6-8-15/h9-10,12,15-16H,2-8,11,13H2,1H3,(H2,20,21,22). The van der Waals surface area contributed by atoms with Crippen LogP contribution in [0.25, 0.3) is 0 Å². The molecule has 1 unspecified atom stereocenters. The fourth-order valence-electron chi connectivity index (χ4n) is 3.60. The molecule has 0 saturated heterocycles. The van der Waals surface area contributed by atoms with E-state index in [1.807, 2.05) is 18.2 Å². The number of amides is 2. The lowest BCUT2D eigenvalue weighted by Gasteiger charge is -2.28. The van der Waals surface area contributed by atoms with E-state index >= 15 is 0 Å². The minimum Gasteiger partial charge on any atom is -0.497 e. The van der Waals surface area contributed by atoms with Crippen molar-refractivity contribution < 1.29 is 14.3 Å². The number of ether oxygens (including phenoxy) is 2. The molecular formula is C19H28N2O3. The van der Waals surface area contributed by atoms with E-state index in [1.54, 1.807) is 7.11 Å². The second-order valence-corrected chi connectivity index (χ2v) is 6.85. The molecule has 5 heteroatoms. The third-order valence-electron chi connectivity index (χ3n) is 4.95. The van der Waals surface area contributed by atoms with Crippen molar-refractivity contribution in [3.8, 4) is 11.5 Å². The Morgan fingerprint density at radius 1 is 1.08 bits per heavy atom. The van der Waals surface area contributed by atoms with Crippen LogP contribution in [-0.2, 0) is 6.42 Å². The Morgan fingerprint density at radius 3 is 2.54 bits per heavy atom. The maximum atomic E-state index is 12.3. The summed E-state index contributed by atoms with van der Waals surface area (Å²) in [5.74, 6) is 1.70. The van der Waals surface area contributed by atoms with Gasteiger partial charge in [0.25, 0.3) is 0 Å². The molecule has 2 amide bonds. The fourth-order valence-corrected chi connectivity index (χ4v) is 3.60. The van der Waals surface area contributed by atoms with Gasteiger partial charge in [-0.1, -0.05) is 32.1 Å². The first-order valence-electron chi connectivity index (χ1n) is 9.11. The Bertz CT molecular complexity index is 554. The van der Waals surface area contributed by atoms with Gasteiger partial charge in [-0.3, -0.25) is 0 Å². The van der Waals surface area contributed by atoms with Crippen LogP contribution in [0.3, 0.4) is 0 Å². The van der Waals surface area contributed by atoms with Gasteiger partial charge in [0.1, 0.15) is 18.1 Å². The first kappa shape index (κ1) is 16.9. The Balaban J connectivity index is 1.51. The smallest absolute Gasteiger partial charge is 0.315 e. The average molecular weight is 332 g/mol. The number of nitrogens with one attached hydrogen (secondary N) is 2. The van der Waals surface area contributed by atoms with Crippen LogP contribution in [0.5, 0.6) is 11.5 Å². The number of fused-ring (bicyclic) bond motifs is 1. The zero-order valence-electron chi connectivity index (χ0n) is 14.5. The zero-order chi connectivity index (χ0) is 16.8. The average Bonchev–Trinajstić information content (AvgIpc) is 2.56. The quantitative estimate of drug-likeness (QED) is 0.892. The van der Waals surface area contributed by atoms with Gasteiger partial charge in [0.05, 0.1) is 13.2 Å². The van der Waals surface area contributed by atoms with E-state index in [9.17, 15) is 4.79 Å². The number of benzene rings is 1. The maximum absolute atomic E-state index is 12.3. The Hall–Kier alpha value is -1.91. The molecule has 1 aliphatic heterocycles. The summed E-state index contributed by atoms with van der Waals surface area (Å²) >= 11 is 0. The molecule has 1 heterocycles. The van der Waals surface area contributed by atoms with E-state index in [4.69, 9.17) is 9.47 Å². The number of hydrogen-bond donors (Lipinski definition) is 2. The summed E-state index contributed by atoms with van der Waals surface area (Å²) in [6.07, 6.45) is 9.29. The second kappa shape index (κ2) is 8.27. The van der Waals surface area contributed by atoms with E-state index in [0.717, 1.165) is 36.3 Å². The summed E-state index contributed by atoms with van der Waals surface area (Å²) < 4.78 is 11.0. The van der Waals surface area contributed by atoms with Gasteiger partial charge in [-0.25, -0.2) is 4.79 Å². The molecule has 3 rings (SSSR count). The maximum Gasteiger partial charge on any atom is 0.315 e. The van der Waals surface area contributed by atoms with Crippen molar-refractivity contribution in [2.24, 2.45) is 0 Å². The first-order valence-corrected chi connectivity index (χ1v) is 9.11. The Labute approximate surface area is 144 Å². The molecule has 24 heavy (non-hydrogen) atoms. The highest BCUT2D eigenvalue weighted by Crippen LogP contribution is 2.28. The number of methoxy groups -OCH3 is 1. The largest absolute Gasteiger partial charge is 0.497 e. The number of urea groups is 1. The van der Waals surface area contributed by atoms with Crippen LogP contribution in [0, 0.1) is 0 Å². The van der Waals surface area contributed by atoms with Crippen molar-refractivity contribution >= 4 is 6.03 Å². The lowest BCUT2D eigenvalue weighted by molar-refractivity contribution is 0.209. The van der Waals surface area contributed by atoms with Gasteiger partial charge in [-0.05, 0) is 43.0 Å². The van der Waals surface area contributed by atoms with Crippen molar-refractivity contribution in [2.45, 2.75) is 63.5 Å². The van der Waals surface area contributed by atoms with Gasteiger partial charge in [-0.15, -0.1) is 0 Å². The van der Waals surface area contributed by atoms with Gasteiger partial charge in [0.15, 0.2) is 0 Å². The molecule has 1 fully saturated rings. The molecule has 1 atom stereocenters. The Kier molecular flexibility index (Phi) is 5.83. The normalized spacial score (nSPS) is 21.6. The van der Waals surface area contributed by atoms with Crippen LogP contribution >= 0.6 is 0 Å². The summed E-state index contributed by atoms with van der Waals surface area (Å²) in [7, 11) is 1.66. The molecule has 2 N–H and O–H groups in total. The molecule has 1 aromatic carbocycles. The van der Waals surface area contributed by atoms with E-state index in [2.05, 4.69) is 10.6 Å². The van der Waals surface area contributed by atoms with Gasteiger partial charge >= 0.3 is 6.03 Å². The summed E-state index contributed by atoms with van der Waals surface area (Å²) in [4.78, 5) is 12.3. The number of carbonyl (C=O) groups is 1. The number of rotatable bonds is 3. The van der Waals surface area contributed by atoms with Gasteiger partial charge in [0.2, 0.25) is 0 Å². The zero-order valence-corrected chi connectivity index (χ0v) is 14.5. The van der Waals surface area contributed by atoms with Crippen LogP contribution < -0.4 is 20.1 Å². The van der Waals surface area contributed by atoms with Crippen molar-refractivity contribution in [3.63, 3.8) is 0 Å². The summed E-state index contributed by atoms with van der Waals surface area (Å²) in [5, 5.41) is 6.21. The van der Waals surface area contributed by atoms with Crippen molar-refractivity contribution in [3.05, 3.63) is 23.8 Å². The summed E-state index contributed by atoms with van der Waals surface area (Å²) in [6.45, 7) is 0.511. The van der Waals surface area contributed by atoms with Crippen LogP contribution in [0.1, 0.15) is 50.5 Å². The van der Waals surface area contributed by atoms with Crippen LogP contribution in [0.2, 0.25) is 0 Å². The van der Waals surface area contributed by atoms with E-state index in [0.29, 0.717) is 12.6 Å². The first-order chi connectivity index (χ1) is 11.7. The van der Waals surface area contributed by atoms with Gasteiger partial charge in [-0.2, -0.15) is 0 Å². The molecule has 5 nitrogen and oxygen atoms in total. The van der Waals surface area contributed by atoms with Gasteiger partial charge < -0.3 is 20.1 Å². The highest BCUT2D eigenvalue weighted by atomic mass is 16.5. The van der Waals surface area contributed by atoms with E-state index in [1.165, 1.54) is 32.1 Å². The minimum atomic E-state index is -0.0690. The number of carbonyl (C=O) groups excluding carboxylic acids is 1. The van der Waals surface area contributed by atoms with Crippen molar-refractivity contribution in [1.29, 1.82) is 0 Å². The Morgan fingerprint density at radius 2 is 1.79 bits per heavy atom. The monoisotopic (exact) mass is 332 g/mol. The molecule has 1 aliphatic carbocycles. The fraction of sp³-hybridized carbons (Fsp3) is 0.632. The molecule has 1 saturated carbocycles. The molecule has 0 aromatic heterocycles. The minimum absolute atomic E-state index is 0.00170. The van der Waals surface area contributed by atoms with Crippen LogP contribution in [0.4, 0.5) is 4.79 Å². The lowest BCUT2D eigenvalue weighted by Crippen LogP contribution is -2.50. The summed E-state index contributed by atoms with van der Waals surface area (Å²) in [5.41, 5.74) is 1.08.